The number of rotatable bonds is 4. The third-order valence-corrected chi connectivity index (χ3v) is 4.24. The van der Waals surface area contributed by atoms with Crippen molar-refractivity contribution in [2.75, 3.05) is 31.5 Å². The zero-order valence-corrected chi connectivity index (χ0v) is 12.3. The van der Waals surface area contributed by atoms with E-state index < -0.39 is 0 Å². The van der Waals surface area contributed by atoms with E-state index in [0.29, 0.717) is 0 Å². The zero-order valence-electron chi connectivity index (χ0n) is 12.3. The molecule has 1 aliphatic heterocycles. The van der Waals surface area contributed by atoms with E-state index in [1.54, 1.807) is 0 Å². The van der Waals surface area contributed by atoms with Crippen molar-refractivity contribution in [3.63, 3.8) is 0 Å². The Morgan fingerprint density at radius 1 is 1.30 bits per heavy atom. The van der Waals surface area contributed by atoms with Gasteiger partial charge in [-0.25, -0.2) is 9.97 Å². The fourth-order valence-electron chi connectivity index (χ4n) is 2.81. The van der Waals surface area contributed by atoms with Gasteiger partial charge in [-0.2, -0.15) is 0 Å². The summed E-state index contributed by atoms with van der Waals surface area (Å²) in [6.45, 7) is 6.81. The number of nitrogens with zero attached hydrogens (tertiary/aromatic N) is 4. The van der Waals surface area contributed by atoms with Crippen LogP contribution in [-0.4, -0.2) is 45.6 Å². The molecule has 1 N–H and O–H groups in total. The molecule has 20 heavy (non-hydrogen) atoms. The molecule has 1 saturated heterocycles. The summed E-state index contributed by atoms with van der Waals surface area (Å²) in [6, 6.07) is 2.00. The molecular weight excluding hydrogens is 250 g/mol. The van der Waals surface area contributed by atoms with E-state index in [1.807, 2.05) is 30.2 Å². The third kappa shape index (κ3) is 2.77. The standard InChI is InChI=1S/C15H23N5/c1-12-4-8-20(9-5-12)10-7-17-15-14-13(3-6-16-15)19(2)11-18-14/h3,6,11-12H,4-5,7-10H2,1-2H3,(H,16,17). The Morgan fingerprint density at radius 2 is 2.10 bits per heavy atom. The number of hydrogen-bond donors (Lipinski definition) is 1. The van der Waals surface area contributed by atoms with Crippen molar-refractivity contribution in [1.82, 2.24) is 19.4 Å². The molecule has 0 radical (unpaired) electrons. The largest absolute Gasteiger partial charge is 0.367 e. The van der Waals surface area contributed by atoms with Crippen LogP contribution in [0.15, 0.2) is 18.6 Å². The highest BCUT2D eigenvalue weighted by molar-refractivity contribution is 5.85. The highest BCUT2D eigenvalue weighted by atomic mass is 15.2. The van der Waals surface area contributed by atoms with Gasteiger partial charge in [0.1, 0.15) is 5.52 Å². The first kappa shape index (κ1) is 13.4. The van der Waals surface area contributed by atoms with Gasteiger partial charge in [0.2, 0.25) is 0 Å². The summed E-state index contributed by atoms with van der Waals surface area (Å²) in [5, 5.41) is 3.43. The van der Waals surface area contributed by atoms with Gasteiger partial charge in [-0.1, -0.05) is 6.92 Å². The van der Waals surface area contributed by atoms with Gasteiger partial charge in [-0.05, 0) is 37.9 Å². The molecule has 0 spiro atoms. The summed E-state index contributed by atoms with van der Waals surface area (Å²) in [6.07, 6.45) is 6.33. The SMILES string of the molecule is CC1CCN(CCNc2nccc3c2ncn3C)CC1. The molecule has 1 fully saturated rings. The van der Waals surface area contributed by atoms with Gasteiger partial charge >= 0.3 is 0 Å². The minimum Gasteiger partial charge on any atom is -0.367 e. The van der Waals surface area contributed by atoms with E-state index in [9.17, 15) is 0 Å². The molecule has 0 amide bonds. The van der Waals surface area contributed by atoms with Crippen LogP contribution in [0.1, 0.15) is 19.8 Å². The van der Waals surface area contributed by atoms with Crippen molar-refractivity contribution in [2.24, 2.45) is 13.0 Å². The van der Waals surface area contributed by atoms with Crippen LogP contribution in [0.3, 0.4) is 0 Å². The van der Waals surface area contributed by atoms with Crippen molar-refractivity contribution < 1.29 is 0 Å². The first-order valence-corrected chi connectivity index (χ1v) is 7.46. The highest BCUT2D eigenvalue weighted by Gasteiger charge is 2.15. The van der Waals surface area contributed by atoms with Crippen molar-refractivity contribution in [2.45, 2.75) is 19.8 Å². The summed E-state index contributed by atoms with van der Waals surface area (Å²) in [4.78, 5) is 11.4. The third-order valence-electron chi connectivity index (χ3n) is 4.24. The Balaban J connectivity index is 1.57. The maximum absolute atomic E-state index is 4.42. The molecule has 0 saturated carbocycles. The van der Waals surface area contributed by atoms with E-state index in [1.165, 1.54) is 25.9 Å². The molecule has 5 heteroatoms. The molecule has 5 nitrogen and oxygen atoms in total. The second-order valence-electron chi connectivity index (χ2n) is 5.83. The smallest absolute Gasteiger partial charge is 0.154 e. The van der Waals surface area contributed by atoms with Gasteiger partial charge in [-0.15, -0.1) is 0 Å². The van der Waals surface area contributed by atoms with E-state index >= 15 is 0 Å². The van der Waals surface area contributed by atoms with Crippen LogP contribution >= 0.6 is 0 Å². The lowest BCUT2D eigenvalue weighted by atomic mass is 9.99. The Kier molecular flexibility index (Phi) is 3.87. The summed E-state index contributed by atoms with van der Waals surface area (Å²) in [5.41, 5.74) is 2.08. The van der Waals surface area contributed by atoms with Crippen LogP contribution in [-0.2, 0) is 7.05 Å². The number of pyridine rings is 1. The first-order valence-electron chi connectivity index (χ1n) is 7.46. The topological polar surface area (TPSA) is 46.0 Å². The molecule has 0 aromatic carbocycles. The monoisotopic (exact) mass is 273 g/mol. The molecule has 1 aliphatic rings. The number of anilines is 1. The van der Waals surface area contributed by atoms with E-state index in [4.69, 9.17) is 0 Å². The van der Waals surface area contributed by atoms with E-state index in [-0.39, 0.29) is 0 Å². The minimum atomic E-state index is 0.892. The lowest BCUT2D eigenvalue weighted by Gasteiger charge is -2.30. The molecule has 2 aromatic heterocycles. The quantitative estimate of drug-likeness (QED) is 0.927. The number of piperidine rings is 1. The Bertz CT molecular complexity index is 569. The predicted octanol–water partition coefficient (Wildman–Crippen LogP) is 2.11. The fraction of sp³-hybridized carbons (Fsp3) is 0.600. The van der Waals surface area contributed by atoms with Gasteiger partial charge in [0.25, 0.3) is 0 Å². The lowest BCUT2D eigenvalue weighted by Crippen LogP contribution is -2.36. The summed E-state index contributed by atoms with van der Waals surface area (Å²) in [5.74, 6) is 1.79. The highest BCUT2D eigenvalue weighted by Crippen LogP contribution is 2.19. The number of fused-ring (bicyclic) bond motifs is 1. The average molecular weight is 273 g/mol. The van der Waals surface area contributed by atoms with Gasteiger partial charge in [-0.3, -0.25) is 0 Å². The molecule has 3 rings (SSSR count). The molecule has 3 heterocycles. The van der Waals surface area contributed by atoms with E-state index in [2.05, 4.69) is 27.1 Å². The molecule has 0 bridgehead atoms. The summed E-state index contributed by atoms with van der Waals surface area (Å²) < 4.78 is 2.02. The minimum absolute atomic E-state index is 0.892. The normalized spacial score (nSPS) is 17.7. The van der Waals surface area contributed by atoms with Gasteiger partial charge < -0.3 is 14.8 Å². The molecule has 0 atom stereocenters. The molecule has 0 aliphatic carbocycles. The Labute approximate surface area is 120 Å². The van der Waals surface area contributed by atoms with E-state index in [0.717, 1.165) is 35.9 Å². The number of aromatic nitrogens is 3. The average Bonchev–Trinajstić information content (AvgIpc) is 2.84. The number of imidazole rings is 1. The second-order valence-corrected chi connectivity index (χ2v) is 5.83. The molecule has 2 aromatic rings. The zero-order chi connectivity index (χ0) is 13.9. The van der Waals surface area contributed by atoms with Crippen LogP contribution in [0.4, 0.5) is 5.82 Å². The summed E-state index contributed by atoms with van der Waals surface area (Å²) in [7, 11) is 2.01. The van der Waals surface area contributed by atoms with Crippen LogP contribution in [0, 0.1) is 5.92 Å². The fourth-order valence-corrected chi connectivity index (χ4v) is 2.81. The Hall–Kier alpha value is -1.62. The number of aryl methyl sites for hydroxylation is 1. The van der Waals surface area contributed by atoms with Crippen molar-refractivity contribution in [3.8, 4) is 0 Å². The second kappa shape index (κ2) is 5.79. The van der Waals surface area contributed by atoms with Gasteiger partial charge in [0, 0.05) is 26.3 Å². The maximum Gasteiger partial charge on any atom is 0.154 e. The van der Waals surface area contributed by atoms with Crippen molar-refractivity contribution >= 4 is 16.9 Å². The van der Waals surface area contributed by atoms with Crippen molar-refractivity contribution in [1.29, 1.82) is 0 Å². The van der Waals surface area contributed by atoms with Crippen LogP contribution in [0.5, 0.6) is 0 Å². The van der Waals surface area contributed by atoms with Gasteiger partial charge in [0.05, 0.1) is 11.8 Å². The maximum atomic E-state index is 4.42. The molecule has 108 valence electrons. The van der Waals surface area contributed by atoms with Gasteiger partial charge in [0.15, 0.2) is 5.82 Å². The van der Waals surface area contributed by atoms with Crippen molar-refractivity contribution in [3.05, 3.63) is 18.6 Å². The lowest BCUT2D eigenvalue weighted by molar-refractivity contribution is 0.199. The molecular formula is C15H23N5. The van der Waals surface area contributed by atoms with Crippen LogP contribution < -0.4 is 5.32 Å². The number of nitrogens with one attached hydrogen (secondary N) is 1. The number of likely N-dealkylation sites (tertiary alicyclic amines) is 1. The Morgan fingerprint density at radius 3 is 2.90 bits per heavy atom. The van der Waals surface area contributed by atoms with Crippen LogP contribution in [0.25, 0.3) is 11.0 Å². The van der Waals surface area contributed by atoms with Crippen LogP contribution in [0.2, 0.25) is 0 Å². The summed E-state index contributed by atoms with van der Waals surface area (Å²) >= 11 is 0. The predicted molar refractivity (Wildman–Crippen MR) is 81.8 cm³/mol. The number of hydrogen-bond acceptors (Lipinski definition) is 4. The molecule has 0 unspecified atom stereocenters. The first-order chi connectivity index (χ1) is 9.74.